The number of anilines is 1. The van der Waals surface area contributed by atoms with E-state index >= 15 is 0 Å². The molecule has 2 rings (SSSR count). The summed E-state index contributed by atoms with van der Waals surface area (Å²) in [6.45, 7) is 2.85. The summed E-state index contributed by atoms with van der Waals surface area (Å²) in [5, 5.41) is 4.65. The van der Waals surface area contributed by atoms with Gasteiger partial charge in [-0.1, -0.05) is 18.5 Å². The molecular formula is C13H14ClN3O. The van der Waals surface area contributed by atoms with Gasteiger partial charge in [-0.25, -0.2) is 0 Å². The molecule has 0 aliphatic heterocycles. The first-order valence-electron chi connectivity index (χ1n) is 5.74. The number of halogens is 1. The second-order valence-electron chi connectivity index (χ2n) is 4.05. The van der Waals surface area contributed by atoms with Crippen molar-refractivity contribution in [1.29, 1.82) is 0 Å². The number of ketones is 1. The minimum atomic E-state index is -0.133. The van der Waals surface area contributed by atoms with Crippen LogP contribution in [0, 0.1) is 0 Å². The van der Waals surface area contributed by atoms with Gasteiger partial charge in [0.05, 0.1) is 11.8 Å². The van der Waals surface area contributed by atoms with E-state index in [1.165, 1.54) is 0 Å². The molecule has 94 valence electrons. The Morgan fingerprint density at radius 3 is 2.94 bits per heavy atom. The van der Waals surface area contributed by atoms with Gasteiger partial charge < -0.3 is 5.73 Å². The molecule has 0 aliphatic carbocycles. The molecule has 5 heteroatoms. The van der Waals surface area contributed by atoms with Crippen molar-refractivity contribution in [3.8, 4) is 0 Å². The molecule has 1 aromatic heterocycles. The van der Waals surface area contributed by atoms with Gasteiger partial charge in [0.2, 0.25) is 0 Å². The van der Waals surface area contributed by atoms with Crippen LogP contribution in [0.1, 0.15) is 29.3 Å². The average molecular weight is 264 g/mol. The summed E-state index contributed by atoms with van der Waals surface area (Å²) in [6, 6.07) is 4.87. The number of rotatable bonds is 4. The van der Waals surface area contributed by atoms with Crippen molar-refractivity contribution < 1.29 is 4.79 Å². The van der Waals surface area contributed by atoms with Gasteiger partial charge in [0.25, 0.3) is 0 Å². The van der Waals surface area contributed by atoms with Crippen LogP contribution < -0.4 is 5.73 Å². The molecule has 0 saturated heterocycles. The third-order valence-corrected chi connectivity index (χ3v) is 2.84. The lowest BCUT2D eigenvalue weighted by Crippen LogP contribution is -2.04. The predicted molar refractivity (Wildman–Crippen MR) is 71.8 cm³/mol. The number of carbonyl (C=O) groups is 1. The van der Waals surface area contributed by atoms with Gasteiger partial charge in [-0.3, -0.25) is 9.48 Å². The second kappa shape index (κ2) is 5.23. The Morgan fingerprint density at radius 1 is 1.50 bits per heavy atom. The lowest BCUT2D eigenvalue weighted by molar-refractivity contribution is 0.103. The lowest BCUT2D eigenvalue weighted by Gasteiger charge is -2.03. The van der Waals surface area contributed by atoms with Gasteiger partial charge in [-0.05, 0) is 24.6 Å². The Bertz CT molecular complexity index is 577. The third kappa shape index (κ3) is 2.54. The SMILES string of the molecule is CCCn1cc(C(=O)c2ccc(Cl)cc2N)cn1. The summed E-state index contributed by atoms with van der Waals surface area (Å²) < 4.78 is 1.75. The van der Waals surface area contributed by atoms with Gasteiger partial charge in [0.1, 0.15) is 0 Å². The number of benzene rings is 1. The number of nitrogens with two attached hydrogens (primary N) is 1. The summed E-state index contributed by atoms with van der Waals surface area (Å²) in [6.07, 6.45) is 4.27. The summed E-state index contributed by atoms with van der Waals surface area (Å²) in [7, 11) is 0. The zero-order valence-electron chi connectivity index (χ0n) is 10.1. The van der Waals surface area contributed by atoms with Crippen molar-refractivity contribution in [2.75, 3.05) is 5.73 Å². The van der Waals surface area contributed by atoms with Crippen LogP contribution in [0.4, 0.5) is 5.69 Å². The van der Waals surface area contributed by atoms with Crippen LogP contribution in [0.15, 0.2) is 30.6 Å². The first-order valence-corrected chi connectivity index (χ1v) is 6.11. The molecule has 0 bridgehead atoms. The van der Waals surface area contributed by atoms with Crippen molar-refractivity contribution in [2.45, 2.75) is 19.9 Å². The molecule has 18 heavy (non-hydrogen) atoms. The molecular weight excluding hydrogens is 250 g/mol. The highest BCUT2D eigenvalue weighted by atomic mass is 35.5. The maximum atomic E-state index is 12.2. The van der Waals surface area contributed by atoms with Crippen LogP contribution in [0.2, 0.25) is 5.02 Å². The van der Waals surface area contributed by atoms with Gasteiger partial charge in [-0.2, -0.15) is 5.10 Å². The molecule has 0 amide bonds. The maximum absolute atomic E-state index is 12.2. The quantitative estimate of drug-likeness (QED) is 0.682. The summed E-state index contributed by atoms with van der Waals surface area (Å²) in [5.74, 6) is -0.133. The third-order valence-electron chi connectivity index (χ3n) is 2.61. The largest absolute Gasteiger partial charge is 0.398 e. The Balaban J connectivity index is 2.29. The topological polar surface area (TPSA) is 60.9 Å². The van der Waals surface area contributed by atoms with E-state index in [0.29, 0.717) is 21.8 Å². The minimum Gasteiger partial charge on any atom is -0.398 e. The van der Waals surface area contributed by atoms with Crippen LogP contribution in [-0.2, 0) is 6.54 Å². The molecule has 0 radical (unpaired) electrons. The number of nitrogen functional groups attached to an aromatic ring is 1. The van der Waals surface area contributed by atoms with Crippen LogP contribution in [0.25, 0.3) is 0 Å². The number of aromatic nitrogens is 2. The van der Waals surface area contributed by atoms with E-state index in [1.54, 1.807) is 35.3 Å². The zero-order chi connectivity index (χ0) is 13.1. The van der Waals surface area contributed by atoms with Crippen molar-refractivity contribution in [1.82, 2.24) is 9.78 Å². The molecule has 4 nitrogen and oxygen atoms in total. The normalized spacial score (nSPS) is 10.6. The zero-order valence-corrected chi connectivity index (χ0v) is 10.8. The standard InChI is InChI=1S/C13H14ClN3O/c1-2-5-17-8-9(7-16-17)13(18)11-4-3-10(14)6-12(11)15/h3-4,6-8H,2,5,15H2,1H3. The first-order chi connectivity index (χ1) is 8.61. The summed E-state index contributed by atoms with van der Waals surface area (Å²) >= 11 is 5.81. The highest BCUT2D eigenvalue weighted by Gasteiger charge is 2.14. The fraction of sp³-hybridized carbons (Fsp3) is 0.231. The fourth-order valence-electron chi connectivity index (χ4n) is 1.73. The number of carbonyl (C=O) groups excluding carboxylic acids is 1. The number of aryl methyl sites for hydroxylation is 1. The Hall–Kier alpha value is -1.81. The monoisotopic (exact) mass is 263 g/mol. The van der Waals surface area contributed by atoms with E-state index in [0.717, 1.165) is 13.0 Å². The minimum absolute atomic E-state index is 0.133. The predicted octanol–water partition coefficient (Wildman–Crippen LogP) is 2.76. The Labute approximate surface area is 110 Å². The molecule has 0 unspecified atom stereocenters. The molecule has 0 atom stereocenters. The molecule has 0 fully saturated rings. The van der Waals surface area contributed by atoms with Crippen LogP contribution in [-0.4, -0.2) is 15.6 Å². The second-order valence-corrected chi connectivity index (χ2v) is 4.49. The number of hydrogen-bond donors (Lipinski definition) is 1. The van der Waals surface area contributed by atoms with E-state index in [-0.39, 0.29) is 5.78 Å². The molecule has 0 saturated carbocycles. The molecule has 1 heterocycles. The molecule has 0 spiro atoms. The highest BCUT2D eigenvalue weighted by Crippen LogP contribution is 2.20. The van der Waals surface area contributed by atoms with Crippen molar-refractivity contribution >= 4 is 23.1 Å². The lowest BCUT2D eigenvalue weighted by atomic mass is 10.0. The summed E-state index contributed by atoms with van der Waals surface area (Å²) in [4.78, 5) is 12.2. The summed E-state index contributed by atoms with van der Waals surface area (Å²) in [5.41, 5.74) is 7.17. The van der Waals surface area contributed by atoms with E-state index in [1.807, 2.05) is 0 Å². The average Bonchev–Trinajstić information content (AvgIpc) is 2.77. The maximum Gasteiger partial charge on any atom is 0.198 e. The molecule has 2 N–H and O–H groups in total. The molecule has 2 aromatic rings. The number of hydrogen-bond acceptors (Lipinski definition) is 3. The van der Waals surface area contributed by atoms with E-state index in [9.17, 15) is 4.79 Å². The fourth-order valence-corrected chi connectivity index (χ4v) is 1.91. The highest BCUT2D eigenvalue weighted by molar-refractivity contribution is 6.31. The smallest absolute Gasteiger partial charge is 0.198 e. The van der Waals surface area contributed by atoms with E-state index in [4.69, 9.17) is 17.3 Å². The van der Waals surface area contributed by atoms with Gasteiger partial charge in [0.15, 0.2) is 5.78 Å². The molecule has 1 aromatic carbocycles. The Kier molecular flexibility index (Phi) is 3.67. The molecule has 0 aliphatic rings. The van der Waals surface area contributed by atoms with Crippen molar-refractivity contribution in [3.63, 3.8) is 0 Å². The van der Waals surface area contributed by atoms with Crippen molar-refractivity contribution in [3.05, 3.63) is 46.7 Å². The van der Waals surface area contributed by atoms with Gasteiger partial charge >= 0.3 is 0 Å². The van der Waals surface area contributed by atoms with Crippen molar-refractivity contribution in [2.24, 2.45) is 0 Å². The van der Waals surface area contributed by atoms with Crippen LogP contribution in [0.3, 0.4) is 0 Å². The van der Waals surface area contributed by atoms with Crippen LogP contribution >= 0.6 is 11.6 Å². The number of nitrogens with zero attached hydrogens (tertiary/aromatic N) is 2. The van der Waals surface area contributed by atoms with Crippen LogP contribution in [0.5, 0.6) is 0 Å². The first kappa shape index (κ1) is 12.6. The van der Waals surface area contributed by atoms with E-state index < -0.39 is 0 Å². The Morgan fingerprint density at radius 2 is 2.28 bits per heavy atom. The van der Waals surface area contributed by atoms with Gasteiger partial charge in [0, 0.05) is 29.0 Å². The van der Waals surface area contributed by atoms with E-state index in [2.05, 4.69) is 12.0 Å². The van der Waals surface area contributed by atoms with Gasteiger partial charge in [-0.15, -0.1) is 0 Å².